The minimum absolute atomic E-state index is 0.374. The average molecular weight is 163 g/mol. The van der Waals surface area contributed by atoms with Crippen LogP contribution in [0.3, 0.4) is 0 Å². The zero-order valence-corrected chi connectivity index (χ0v) is 6.45. The molecule has 0 spiro atoms. The predicted molar refractivity (Wildman–Crippen MR) is 45.3 cm³/mol. The van der Waals surface area contributed by atoms with Crippen molar-refractivity contribution in [3.8, 4) is 0 Å². The predicted octanol–water partition coefficient (Wildman–Crippen LogP) is 1.28. The molecule has 3 heteroatoms. The fourth-order valence-corrected chi connectivity index (χ4v) is 1.50. The molecule has 1 aromatic rings. The molecular formula is C9H9NO2. The first-order valence-corrected chi connectivity index (χ1v) is 3.84. The van der Waals surface area contributed by atoms with E-state index in [9.17, 15) is 4.79 Å². The van der Waals surface area contributed by atoms with Gasteiger partial charge in [-0.3, -0.25) is 4.79 Å². The van der Waals surface area contributed by atoms with Crippen molar-refractivity contribution in [3.05, 3.63) is 29.8 Å². The van der Waals surface area contributed by atoms with Crippen LogP contribution in [-0.4, -0.2) is 17.6 Å². The van der Waals surface area contributed by atoms with Crippen molar-refractivity contribution in [3.63, 3.8) is 0 Å². The molecule has 0 aliphatic carbocycles. The van der Waals surface area contributed by atoms with E-state index in [-0.39, 0.29) is 5.92 Å². The number of benzene rings is 1. The summed E-state index contributed by atoms with van der Waals surface area (Å²) in [5, 5.41) is 11.9. The number of anilines is 1. The summed E-state index contributed by atoms with van der Waals surface area (Å²) in [7, 11) is 0. The van der Waals surface area contributed by atoms with Crippen LogP contribution >= 0.6 is 0 Å². The van der Waals surface area contributed by atoms with Crippen LogP contribution in [0.1, 0.15) is 11.5 Å². The van der Waals surface area contributed by atoms with Crippen molar-refractivity contribution in [2.75, 3.05) is 11.9 Å². The summed E-state index contributed by atoms with van der Waals surface area (Å²) >= 11 is 0. The Bertz CT molecular complexity index is 322. The van der Waals surface area contributed by atoms with Crippen molar-refractivity contribution < 1.29 is 9.90 Å². The smallest absolute Gasteiger partial charge is 0.312 e. The Labute approximate surface area is 70.0 Å². The second kappa shape index (κ2) is 2.52. The van der Waals surface area contributed by atoms with Gasteiger partial charge in [0.25, 0.3) is 0 Å². The molecule has 0 unspecified atom stereocenters. The maximum absolute atomic E-state index is 10.7. The molecule has 1 atom stereocenters. The highest BCUT2D eigenvalue weighted by Gasteiger charge is 2.27. The maximum Gasteiger partial charge on any atom is 0.312 e. The number of hydrogen-bond acceptors (Lipinski definition) is 2. The van der Waals surface area contributed by atoms with Gasteiger partial charge in [0.1, 0.15) is 5.92 Å². The van der Waals surface area contributed by atoms with Crippen molar-refractivity contribution in [1.82, 2.24) is 0 Å². The van der Waals surface area contributed by atoms with Crippen LogP contribution in [0.4, 0.5) is 5.69 Å². The molecule has 2 N–H and O–H groups in total. The summed E-state index contributed by atoms with van der Waals surface area (Å²) in [6.45, 7) is 0.509. The second-order valence-electron chi connectivity index (χ2n) is 2.86. The lowest BCUT2D eigenvalue weighted by Gasteiger charge is -2.01. The van der Waals surface area contributed by atoms with Crippen molar-refractivity contribution in [1.29, 1.82) is 0 Å². The van der Waals surface area contributed by atoms with E-state index in [4.69, 9.17) is 5.11 Å². The lowest BCUT2D eigenvalue weighted by molar-refractivity contribution is -0.138. The Balaban J connectivity index is 2.42. The Kier molecular flexibility index (Phi) is 1.50. The van der Waals surface area contributed by atoms with Gasteiger partial charge in [0, 0.05) is 12.2 Å². The Morgan fingerprint density at radius 3 is 3.00 bits per heavy atom. The first-order valence-electron chi connectivity index (χ1n) is 3.84. The molecule has 0 saturated carbocycles. The Hall–Kier alpha value is -1.51. The number of nitrogens with one attached hydrogen (secondary N) is 1. The largest absolute Gasteiger partial charge is 0.481 e. The molecule has 0 aromatic heterocycles. The van der Waals surface area contributed by atoms with E-state index < -0.39 is 5.97 Å². The number of carbonyl (C=O) groups is 1. The number of aliphatic carboxylic acids is 1. The number of rotatable bonds is 1. The van der Waals surface area contributed by atoms with E-state index >= 15 is 0 Å². The SMILES string of the molecule is O=C(O)[C@H]1CNc2ccccc21. The van der Waals surface area contributed by atoms with E-state index in [0.717, 1.165) is 11.3 Å². The van der Waals surface area contributed by atoms with Gasteiger partial charge in [0.15, 0.2) is 0 Å². The van der Waals surface area contributed by atoms with Gasteiger partial charge in [-0.05, 0) is 11.6 Å². The monoisotopic (exact) mass is 163 g/mol. The second-order valence-corrected chi connectivity index (χ2v) is 2.86. The third-order valence-corrected chi connectivity index (χ3v) is 2.13. The first-order chi connectivity index (χ1) is 5.79. The molecule has 0 radical (unpaired) electrons. The minimum Gasteiger partial charge on any atom is -0.481 e. The van der Waals surface area contributed by atoms with Gasteiger partial charge in [-0.25, -0.2) is 0 Å². The number of carboxylic acid groups (broad SMARTS) is 1. The summed E-state index contributed by atoms with van der Waals surface area (Å²) < 4.78 is 0. The molecule has 3 nitrogen and oxygen atoms in total. The van der Waals surface area contributed by atoms with E-state index in [1.807, 2.05) is 24.3 Å². The topological polar surface area (TPSA) is 49.3 Å². The molecule has 1 aliphatic heterocycles. The molecule has 0 fully saturated rings. The van der Waals surface area contributed by atoms with Crippen LogP contribution in [-0.2, 0) is 4.79 Å². The van der Waals surface area contributed by atoms with E-state index in [0.29, 0.717) is 6.54 Å². The van der Waals surface area contributed by atoms with Gasteiger partial charge in [0.05, 0.1) is 0 Å². The van der Waals surface area contributed by atoms with E-state index in [1.165, 1.54) is 0 Å². The van der Waals surface area contributed by atoms with Crippen LogP contribution in [0.2, 0.25) is 0 Å². The number of para-hydroxylation sites is 1. The number of carboxylic acids is 1. The van der Waals surface area contributed by atoms with Crippen LogP contribution in [0, 0.1) is 0 Å². The number of hydrogen-bond donors (Lipinski definition) is 2. The van der Waals surface area contributed by atoms with Crippen LogP contribution < -0.4 is 5.32 Å². The highest BCUT2D eigenvalue weighted by Crippen LogP contribution is 2.30. The molecule has 0 bridgehead atoms. The van der Waals surface area contributed by atoms with E-state index in [1.54, 1.807) is 0 Å². The molecule has 0 amide bonds. The quantitative estimate of drug-likeness (QED) is 0.655. The Morgan fingerprint density at radius 2 is 2.25 bits per heavy atom. The van der Waals surface area contributed by atoms with Crippen molar-refractivity contribution in [2.45, 2.75) is 5.92 Å². The highest BCUT2D eigenvalue weighted by molar-refractivity contribution is 5.82. The van der Waals surface area contributed by atoms with E-state index in [2.05, 4.69) is 5.32 Å². The van der Waals surface area contributed by atoms with Gasteiger partial charge in [0.2, 0.25) is 0 Å². The van der Waals surface area contributed by atoms with Gasteiger partial charge < -0.3 is 10.4 Å². The molecule has 62 valence electrons. The summed E-state index contributed by atoms with van der Waals surface area (Å²) in [5.41, 5.74) is 1.84. The standard InChI is InChI=1S/C9H9NO2/c11-9(12)7-5-10-8-4-2-1-3-6(7)8/h1-4,7,10H,5H2,(H,11,12)/t7-/m0/s1. The molecule has 1 heterocycles. The van der Waals surface area contributed by atoms with Gasteiger partial charge >= 0.3 is 5.97 Å². The van der Waals surface area contributed by atoms with Crippen molar-refractivity contribution >= 4 is 11.7 Å². The minimum atomic E-state index is -0.757. The molecule has 2 rings (SSSR count). The van der Waals surface area contributed by atoms with Crippen LogP contribution in [0.25, 0.3) is 0 Å². The molecule has 0 saturated heterocycles. The summed E-state index contributed by atoms with van der Waals surface area (Å²) in [6.07, 6.45) is 0. The molecule has 12 heavy (non-hydrogen) atoms. The molecule has 1 aliphatic rings. The van der Waals surface area contributed by atoms with Crippen LogP contribution in [0.5, 0.6) is 0 Å². The summed E-state index contributed by atoms with van der Waals surface area (Å²) in [4.78, 5) is 10.7. The zero-order chi connectivity index (χ0) is 8.55. The lowest BCUT2D eigenvalue weighted by Crippen LogP contribution is -2.12. The first kappa shape index (κ1) is 7.16. The summed E-state index contributed by atoms with van der Waals surface area (Å²) in [6, 6.07) is 7.52. The van der Waals surface area contributed by atoms with Gasteiger partial charge in [-0.1, -0.05) is 18.2 Å². The zero-order valence-electron chi connectivity index (χ0n) is 6.45. The molecule has 1 aromatic carbocycles. The fourth-order valence-electron chi connectivity index (χ4n) is 1.50. The fraction of sp³-hybridized carbons (Fsp3) is 0.222. The third-order valence-electron chi connectivity index (χ3n) is 2.13. The lowest BCUT2D eigenvalue weighted by atomic mass is 10.0. The third kappa shape index (κ3) is 0.942. The molecular weight excluding hydrogens is 154 g/mol. The average Bonchev–Trinajstić information content (AvgIpc) is 2.47. The highest BCUT2D eigenvalue weighted by atomic mass is 16.4. The summed E-state index contributed by atoms with van der Waals surface area (Å²) in [5.74, 6) is -1.13. The number of fused-ring (bicyclic) bond motifs is 1. The normalized spacial score (nSPS) is 19.8. The Morgan fingerprint density at radius 1 is 1.50 bits per heavy atom. The van der Waals surface area contributed by atoms with Gasteiger partial charge in [-0.15, -0.1) is 0 Å². The van der Waals surface area contributed by atoms with Crippen LogP contribution in [0.15, 0.2) is 24.3 Å². The van der Waals surface area contributed by atoms with Gasteiger partial charge in [-0.2, -0.15) is 0 Å². The van der Waals surface area contributed by atoms with Crippen molar-refractivity contribution in [2.24, 2.45) is 0 Å². The maximum atomic E-state index is 10.7.